The van der Waals surface area contributed by atoms with E-state index in [1.165, 1.54) is 24.2 Å². The summed E-state index contributed by atoms with van der Waals surface area (Å²) in [5.74, 6) is 0.979. The number of hydrogen-bond acceptors (Lipinski definition) is 4. The van der Waals surface area contributed by atoms with Gasteiger partial charge in [-0.05, 0) is 38.5 Å². The van der Waals surface area contributed by atoms with Gasteiger partial charge in [0.15, 0.2) is 5.78 Å². The second-order valence-electron chi connectivity index (χ2n) is 8.82. The lowest BCUT2D eigenvalue weighted by molar-refractivity contribution is -1.07. The van der Waals surface area contributed by atoms with Crippen LogP contribution in [0.25, 0.3) is 0 Å². The Kier molecular flexibility index (Phi) is 7.20. The number of likely N-dealkylation sites (tertiary alicyclic amines) is 1. The summed E-state index contributed by atoms with van der Waals surface area (Å²) in [5.41, 5.74) is 0. The monoisotopic (exact) mass is 367 g/mol. The van der Waals surface area contributed by atoms with Gasteiger partial charge in [-0.15, -0.1) is 0 Å². The highest BCUT2D eigenvalue weighted by atomic mass is 16.8. The van der Waals surface area contributed by atoms with Gasteiger partial charge in [0, 0.05) is 24.7 Å². The van der Waals surface area contributed by atoms with Crippen molar-refractivity contribution < 1.29 is 24.9 Å². The molecule has 0 aromatic rings. The van der Waals surface area contributed by atoms with Gasteiger partial charge in [-0.3, -0.25) is 9.59 Å². The maximum absolute atomic E-state index is 12.8. The smallest absolute Gasteiger partial charge is 0.190 e. The highest BCUT2D eigenvalue weighted by Gasteiger charge is 2.36. The minimum atomic E-state index is -0.758. The molecule has 2 aliphatic carbocycles. The average molecular weight is 368 g/mol. The first-order valence-electron chi connectivity index (χ1n) is 10.7. The first kappa shape index (κ1) is 19.9. The van der Waals surface area contributed by atoms with Crippen LogP contribution in [0.3, 0.4) is 0 Å². The van der Waals surface area contributed by atoms with Gasteiger partial charge >= 0.3 is 0 Å². The molecule has 0 aromatic heterocycles. The molecule has 148 valence electrons. The number of Topliss-reactive ketones (excluding diaryl/α,β-unsaturated/α-hetero) is 2. The highest BCUT2D eigenvalue weighted by Crippen LogP contribution is 2.28. The molecule has 6 nitrogen and oxygen atoms in total. The zero-order chi connectivity index (χ0) is 18.5. The molecule has 0 bridgehead atoms. The van der Waals surface area contributed by atoms with Crippen molar-refractivity contribution in [3.05, 3.63) is 5.21 Å². The molecule has 2 saturated carbocycles. The summed E-state index contributed by atoms with van der Waals surface area (Å²) in [6.07, 6.45) is 10.6. The molecule has 0 aromatic carbocycles. The third kappa shape index (κ3) is 5.12. The lowest BCUT2D eigenvalue weighted by atomic mass is 9.79. The fourth-order valence-electron chi connectivity index (χ4n) is 5.37. The summed E-state index contributed by atoms with van der Waals surface area (Å²) in [6, 6.07) is -0.352. The van der Waals surface area contributed by atoms with Gasteiger partial charge in [0.1, 0.15) is 18.4 Å². The molecular weight excluding hydrogens is 332 g/mol. The third-order valence-electron chi connectivity index (χ3n) is 6.93. The van der Waals surface area contributed by atoms with Crippen molar-refractivity contribution in [2.45, 2.75) is 76.7 Å². The molecule has 3 fully saturated rings. The van der Waals surface area contributed by atoms with Crippen LogP contribution < -0.4 is 10.1 Å². The van der Waals surface area contributed by atoms with E-state index in [1.54, 1.807) is 0 Å². The van der Waals surface area contributed by atoms with Crippen LogP contribution in [0.1, 0.15) is 70.6 Å². The quantitative estimate of drug-likeness (QED) is 0.591. The summed E-state index contributed by atoms with van der Waals surface area (Å²) in [4.78, 5) is 26.8. The zero-order valence-electron chi connectivity index (χ0n) is 15.9. The fraction of sp³-hybridized carbons (Fsp3) is 0.900. The van der Waals surface area contributed by atoms with E-state index in [0.717, 1.165) is 51.6 Å². The van der Waals surface area contributed by atoms with Gasteiger partial charge < -0.3 is 10.1 Å². The number of ketones is 2. The number of rotatable bonds is 6. The van der Waals surface area contributed by atoms with Crippen LogP contribution in [-0.2, 0) is 9.59 Å². The Morgan fingerprint density at radius 1 is 0.923 bits per heavy atom. The maximum Gasteiger partial charge on any atom is 0.190 e. The van der Waals surface area contributed by atoms with Gasteiger partial charge in [-0.1, -0.05) is 19.3 Å². The van der Waals surface area contributed by atoms with E-state index < -0.39 is 5.23 Å². The summed E-state index contributed by atoms with van der Waals surface area (Å²) < 4.78 is 0. The van der Waals surface area contributed by atoms with E-state index in [2.05, 4.69) is 0 Å². The largest absolute Gasteiger partial charge is 0.600 e. The Bertz CT molecular complexity index is 490. The van der Waals surface area contributed by atoms with Crippen molar-refractivity contribution in [3.8, 4) is 0 Å². The number of carbonyl (C=O) groups excluding carboxylic acids is 2. The number of carbonyl (C=O) groups is 2. The normalized spacial score (nSPS) is 35.0. The van der Waals surface area contributed by atoms with Crippen molar-refractivity contribution in [2.75, 3.05) is 19.6 Å². The van der Waals surface area contributed by atoms with Gasteiger partial charge in [0.25, 0.3) is 0 Å². The molecule has 3 aliphatic rings. The molecule has 3 rings (SSSR count). The summed E-state index contributed by atoms with van der Waals surface area (Å²) in [6.45, 7) is 2.25. The summed E-state index contributed by atoms with van der Waals surface area (Å²) >= 11 is 0. The van der Waals surface area contributed by atoms with Crippen LogP contribution in [0.15, 0.2) is 0 Å². The predicted octanol–water partition coefficient (Wildman–Crippen LogP) is 0.331. The molecule has 1 aliphatic heterocycles. The molecule has 5 atom stereocenters. The lowest BCUT2D eigenvalue weighted by Gasteiger charge is -2.34. The Balaban J connectivity index is 1.49. The predicted molar refractivity (Wildman–Crippen MR) is 96.7 cm³/mol. The topological polar surface area (TPSA) is 86.3 Å². The number of nitrogens with one attached hydrogen (secondary N) is 2. The number of quaternary nitrogens is 2. The molecular formula is C20H35N2O4+. The summed E-state index contributed by atoms with van der Waals surface area (Å²) in [5, 5.41) is 19.7. The Morgan fingerprint density at radius 2 is 1.62 bits per heavy atom. The van der Waals surface area contributed by atoms with Crippen LogP contribution in [0.5, 0.6) is 0 Å². The minimum absolute atomic E-state index is 0.0910. The Morgan fingerprint density at radius 3 is 2.35 bits per heavy atom. The second kappa shape index (κ2) is 9.40. The standard InChI is InChI=1S/C20H34N2O4/c23-19(16-8-4-10-18(12-16)22(25)26)14-21-11-5-9-17(13-21)20(24)15-6-2-1-3-7-15/h15-18,22,25H,1-14H2/p+1. The molecule has 3 N–H and O–H groups in total. The molecule has 1 saturated heterocycles. The molecule has 6 heteroatoms. The van der Waals surface area contributed by atoms with E-state index in [9.17, 15) is 20.0 Å². The first-order chi connectivity index (χ1) is 12.5. The fourth-order valence-corrected chi connectivity index (χ4v) is 5.37. The first-order valence-corrected chi connectivity index (χ1v) is 10.7. The Hall–Kier alpha value is -0.820. The van der Waals surface area contributed by atoms with Crippen LogP contribution >= 0.6 is 0 Å². The van der Waals surface area contributed by atoms with Crippen molar-refractivity contribution >= 4 is 11.6 Å². The van der Waals surface area contributed by atoms with Gasteiger partial charge in [0.2, 0.25) is 0 Å². The molecule has 0 spiro atoms. The summed E-state index contributed by atoms with van der Waals surface area (Å²) in [7, 11) is 0. The van der Waals surface area contributed by atoms with Crippen molar-refractivity contribution in [1.82, 2.24) is 0 Å². The molecule has 1 heterocycles. The van der Waals surface area contributed by atoms with Gasteiger partial charge in [-0.2, -0.15) is 0 Å². The van der Waals surface area contributed by atoms with Crippen LogP contribution in [0.2, 0.25) is 0 Å². The van der Waals surface area contributed by atoms with E-state index in [0.29, 0.717) is 25.2 Å². The van der Waals surface area contributed by atoms with Crippen LogP contribution in [0, 0.1) is 23.0 Å². The van der Waals surface area contributed by atoms with E-state index in [-0.39, 0.29) is 29.6 Å². The molecule has 26 heavy (non-hydrogen) atoms. The Labute approximate surface area is 156 Å². The van der Waals surface area contributed by atoms with Gasteiger partial charge in [0.05, 0.1) is 19.0 Å². The number of hydrogen-bond donors (Lipinski definition) is 3. The maximum atomic E-state index is 12.8. The number of hydroxylamine groups is 2. The van der Waals surface area contributed by atoms with E-state index >= 15 is 0 Å². The van der Waals surface area contributed by atoms with Crippen molar-refractivity contribution in [1.29, 1.82) is 0 Å². The van der Waals surface area contributed by atoms with Gasteiger partial charge in [-0.25, -0.2) is 10.4 Å². The molecule has 0 amide bonds. The van der Waals surface area contributed by atoms with Crippen LogP contribution in [-0.4, -0.2) is 42.4 Å². The van der Waals surface area contributed by atoms with Crippen LogP contribution in [0.4, 0.5) is 0 Å². The van der Waals surface area contributed by atoms with E-state index in [1.807, 2.05) is 0 Å². The lowest BCUT2D eigenvalue weighted by Crippen LogP contribution is -3.14. The highest BCUT2D eigenvalue weighted by molar-refractivity contribution is 5.84. The SMILES string of the molecule is O=C(C[NH+]1CCCC(C(=O)C2CCCCC2)C1)C1CCCC([NH+]([O-])O)C1. The second-order valence-corrected chi connectivity index (χ2v) is 8.82. The van der Waals surface area contributed by atoms with Crippen molar-refractivity contribution in [3.63, 3.8) is 0 Å². The zero-order valence-corrected chi connectivity index (χ0v) is 15.9. The molecule has 0 radical (unpaired) electrons. The van der Waals surface area contributed by atoms with Crippen molar-refractivity contribution in [2.24, 2.45) is 17.8 Å². The minimum Gasteiger partial charge on any atom is -0.600 e. The average Bonchev–Trinajstić information content (AvgIpc) is 2.68. The molecule has 5 unspecified atom stereocenters. The third-order valence-corrected chi connectivity index (χ3v) is 6.93. The number of piperidine rings is 1. The van der Waals surface area contributed by atoms with E-state index in [4.69, 9.17) is 0 Å².